The number of aromatic nitrogens is 2. The lowest BCUT2D eigenvalue weighted by Crippen LogP contribution is -2.71. The van der Waals surface area contributed by atoms with Crippen LogP contribution in [-0.4, -0.2) is 74.5 Å². The van der Waals surface area contributed by atoms with Crippen molar-refractivity contribution in [3.63, 3.8) is 0 Å². The van der Waals surface area contributed by atoms with Crippen LogP contribution in [0.2, 0.25) is 0 Å². The molecule has 3 aliphatic heterocycles. The zero-order valence-corrected chi connectivity index (χ0v) is 19.7. The van der Waals surface area contributed by atoms with E-state index in [9.17, 15) is 9.59 Å². The van der Waals surface area contributed by atoms with E-state index in [-0.39, 0.29) is 11.3 Å². The van der Waals surface area contributed by atoms with Crippen LogP contribution in [-0.2, 0) is 14.3 Å². The number of guanidine groups is 1. The van der Waals surface area contributed by atoms with Crippen molar-refractivity contribution >= 4 is 52.7 Å². The van der Waals surface area contributed by atoms with Crippen LogP contribution >= 0.6 is 34.9 Å². The van der Waals surface area contributed by atoms with Crippen LogP contribution < -0.4 is 10.6 Å². The number of aryl methyl sites for hydroxylation is 1. The molecule has 0 spiro atoms. The van der Waals surface area contributed by atoms with Crippen LogP contribution in [0.25, 0.3) is 0 Å². The minimum Gasteiger partial charge on any atom is -0.455 e. The summed E-state index contributed by atoms with van der Waals surface area (Å²) in [6.45, 7) is 8.84. The van der Waals surface area contributed by atoms with Crippen molar-refractivity contribution in [2.24, 2.45) is 4.99 Å². The predicted molar refractivity (Wildman–Crippen MR) is 119 cm³/mol. The third-order valence-electron chi connectivity index (χ3n) is 4.48. The van der Waals surface area contributed by atoms with Crippen molar-refractivity contribution in [3.05, 3.63) is 16.3 Å². The van der Waals surface area contributed by atoms with Crippen LogP contribution in [0.5, 0.6) is 0 Å². The van der Waals surface area contributed by atoms with E-state index in [0.717, 1.165) is 21.5 Å². The fourth-order valence-corrected chi connectivity index (χ4v) is 6.54. The Morgan fingerprint density at radius 2 is 2.20 bits per heavy atom. The number of esters is 1. The number of carbonyl (C=O) groups is 2. The van der Waals surface area contributed by atoms with Gasteiger partial charge in [-0.2, -0.15) is 0 Å². The maximum atomic E-state index is 13.1. The largest absolute Gasteiger partial charge is 0.455 e. The zero-order chi connectivity index (χ0) is 21.5. The van der Waals surface area contributed by atoms with E-state index >= 15 is 0 Å². The highest BCUT2D eigenvalue weighted by atomic mass is 32.2. The highest BCUT2D eigenvalue weighted by Gasteiger charge is 2.54. The van der Waals surface area contributed by atoms with E-state index in [1.165, 1.54) is 23.1 Å². The van der Waals surface area contributed by atoms with Gasteiger partial charge in [0.1, 0.15) is 27.7 Å². The van der Waals surface area contributed by atoms with E-state index in [0.29, 0.717) is 29.7 Å². The summed E-state index contributed by atoms with van der Waals surface area (Å²) >= 11 is 4.68. The SMILES string of the molecule is Cc1nnc(SCC2=C(C(=O)OC(C)(C)C)N3C(=O)[C@@H](NC4=NCCN4)C3SC2)s1. The topological polar surface area (TPSA) is 109 Å². The summed E-state index contributed by atoms with van der Waals surface area (Å²) in [7, 11) is 0. The van der Waals surface area contributed by atoms with Crippen LogP contribution in [0.15, 0.2) is 20.6 Å². The molecule has 1 saturated heterocycles. The van der Waals surface area contributed by atoms with Crippen molar-refractivity contribution in [2.45, 2.75) is 49.1 Å². The van der Waals surface area contributed by atoms with Gasteiger partial charge in [0.15, 0.2) is 10.3 Å². The number of hydrogen-bond donors (Lipinski definition) is 2. The van der Waals surface area contributed by atoms with Gasteiger partial charge < -0.3 is 15.4 Å². The molecule has 0 radical (unpaired) electrons. The smallest absolute Gasteiger partial charge is 0.355 e. The maximum Gasteiger partial charge on any atom is 0.355 e. The molecule has 0 bridgehead atoms. The predicted octanol–water partition coefficient (Wildman–Crippen LogP) is 1.37. The standard InChI is InChI=1S/C18H24N6O3S3/c1-9-22-23-17(30-9)29-8-10-7-28-14-11(21-16-19-5-6-20-16)13(25)24(14)12(10)15(26)27-18(2,3)4/h11,14H,5-8H2,1-4H3,(H2,19,20,21)/t11-,14?/m1/s1. The molecule has 30 heavy (non-hydrogen) atoms. The Morgan fingerprint density at radius 1 is 1.40 bits per heavy atom. The Bertz CT molecular complexity index is 923. The van der Waals surface area contributed by atoms with E-state index in [1.807, 2.05) is 27.7 Å². The van der Waals surface area contributed by atoms with Gasteiger partial charge in [0.05, 0.1) is 6.54 Å². The second-order valence-electron chi connectivity index (χ2n) is 8.02. The number of thioether (sulfide) groups is 2. The number of carbonyl (C=O) groups excluding carboxylic acids is 2. The van der Waals surface area contributed by atoms with E-state index in [2.05, 4.69) is 25.8 Å². The monoisotopic (exact) mass is 468 g/mol. The number of nitrogens with one attached hydrogen (secondary N) is 2. The molecule has 0 aromatic carbocycles. The first-order valence-electron chi connectivity index (χ1n) is 9.61. The van der Waals surface area contributed by atoms with Crippen molar-refractivity contribution in [1.29, 1.82) is 0 Å². The zero-order valence-electron chi connectivity index (χ0n) is 17.2. The lowest BCUT2D eigenvalue weighted by atomic mass is 10.0. The summed E-state index contributed by atoms with van der Waals surface area (Å²) in [6, 6.07) is -0.406. The first kappa shape index (κ1) is 21.4. The average molecular weight is 469 g/mol. The first-order chi connectivity index (χ1) is 14.2. The molecule has 9 nitrogen and oxygen atoms in total. The summed E-state index contributed by atoms with van der Waals surface area (Å²) in [6.07, 6.45) is 0. The average Bonchev–Trinajstić information content (AvgIpc) is 3.33. The van der Waals surface area contributed by atoms with Crippen LogP contribution in [0.3, 0.4) is 0 Å². The molecular formula is C18H24N6O3S3. The van der Waals surface area contributed by atoms with E-state index < -0.39 is 17.6 Å². The van der Waals surface area contributed by atoms with Gasteiger partial charge in [-0.1, -0.05) is 23.1 Å². The molecule has 12 heteroatoms. The molecule has 2 N–H and O–H groups in total. The van der Waals surface area contributed by atoms with Crippen molar-refractivity contribution in [3.8, 4) is 0 Å². The van der Waals surface area contributed by atoms with Crippen molar-refractivity contribution in [1.82, 2.24) is 25.7 Å². The van der Waals surface area contributed by atoms with Gasteiger partial charge in [0.2, 0.25) is 0 Å². The van der Waals surface area contributed by atoms with Gasteiger partial charge in [-0.15, -0.1) is 22.0 Å². The molecule has 3 aliphatic rings. The molecule has 2 atom stereocenters. The summed E-state index contributed by atoms with van der Waals surface area (Å²) in [5, 5.41) is 15.2. The van der Waals surface area contributed by atoms with Gasteiger partial charge in [-0.25, -0.2) is 4.79 Å². The number of hydrogen-bond acceptors (Lipinski definition) is 11. The number of nitrogens with zero attached hydrogens (tertiary/aromatic N) is 4. The van der Waals surface area contributed by atoms with Crippen LogP contribution in [0, 0.1) is 6.92 Å². The highest BCUT2D eigenvalue weighted by molar-refractivity contribution is 8.01. The summed E-state index contributed by atoms with van der Waals surface area (Å²) in [5.74, 6) is 1.24. The molecule has 162 valence electrons. The fraction of sp³-hybridized carbons (Fsp3) is 0.611. The number of fused-ring (bicyclic) bond motifs is 1. The minimum atomic E-state index is -0.646. The number of aliphatic imine (C=N–C) groups is 1. The molecule has 1 unspecified atom stereocenters. The normalized spacial score (nSPS) is 23.5. The van der Waals surface area contributed by atoms with Crippen molar-refractivity contribution < 1.29 is 14.3 Å². The molecular weight excluding hydrogens is 444 g/mol. The molecule has 1 aromatic rings. The summed E-state index contributed by atoms with van der Waals surface area (Å²) in [5.41, 5.74) is 0.602. The molecule has 4 heterocycles. The third-order valence-corrected chi connectivity index (χ3v) is 7.88. The molecule has 0 saturated carbocycles. The molecule has 1 amide bonds. The summed E-state index contributed by atoms with van der Waals surface area (Å²) in [4.78, 5) is 31.9. The van der Waals surface area contributed by atoms with E-state index in [1.54, 1.807) is 16.7 Å². The van der Waals surface area contributed by atoms with E-state index in [4.69, 9.17) is 4.74 Å². The molecule has 1 fully saturated rings. The van der Waals surface area contributed by atoms with Crippen molar-refractivity contribution in [2.75, 3.05) is 24.6 Å². The quantitative estimate of drug-likeness (QED) is 0.376. The third kappa shape index (κ3) is 4.45. The Hall–Kier alpha value is -1.79. The first-order valence-corrected chi connectivity index (χ1v) is 12.5. The lowest BCUT2D eigenvalue weighted by molar-refractivity contribution is -0.158. The van der Waals surface area contributed by atoms with Crippen LogP contribution in [0.4, 0.5) is 0 Å². The van der Waals surface area contributed by atoms with Gasteiger partial charge in [0.25, 0.3) is 5.91 Å². The molecule has 0 aliphatic carbocycles. The van der Waals surface area contributed by atoms with Gasteiger partial charge in [0, 0.05) is 18.1 Å². The fourth-order valence-electron chi connectivity index (χ4n) is 3.24. The lowest BCUT2D eigenvalue weighted by Gasteiger charge is -2.50. The number of amides is 1. The van der Waals surface area contributed by atoms with Gasteiger partial charge in [-0.05, 0) is 33.3 Å². The Morgan fingerprint density at radius 3 is 2.83 bits per heavy atom. The second kappa shape index (κ2) is 8.39. The van der Waals surface area contributed by atoms with Gasteiger partial charge in [-0.3, -0.25) is 14.7 Å². The molecule has 1 aromatic heterocycles. The Balaban J connectivity index is 1.55. The minimum absolute atomic E-state index is 0.140. The Labute approximate surface area is 187 Å². The van der Waals surface area contributed by atoms with Crippen LogP contribution in [0.1, 0.15) is 25.8 Å². The number of rotatable bonds is 5. The second-order valence-corrected chi connectivity index (χ2v) is 11.5. The van der Waals surface area contributed by atoms with Gasteiger partial charge >= 0.3 is 5.97 Å². The number of ether oxygens (including phenoxy) is 1. The summed E-state index contributed by atoms with van der Waals surface area (Å²) < 4.78 is 6.49. The maximum absolute atomic E-state index is 13.1. The highest BCUT2D eigenvalue weighted by Crippen LogP contribution is 2.42. The Kier molecular flexibility index (Phi) is 5.99. The molecule has 4 rings (SSSR count). The number of β-lactam (4-membered cyclic amide) rings is 1.